The molecule has 0 saturated heterocycles. The number of hydrogen-bond donors (Lipinski definition) is 1. The smallest absolute Gasteiger partial charge is 0.256 e. The number of halogens is 1. The van der Waals surface area contributed by atoms with E-state index in [1.54, 1.807) is 7.05 Å². The number of nitrogens with zero attached hydrogens (tertiary/aromatic N) is 2. The van der Waals surface area contributed by atoms with Crippen molar-refractivity contribution in [2.45, 2.75) is 35.5 Å². The van der Waals surface area contributed by atoms with Gasteiger partial charge in [-0.05, 0) is 31.2 Å². The van der Waals surface area contributed by atoms with Crippen molar-refractivity contribution in [1.82, 2.24) is 14.5 Å². The SMILES string of the molecule is Cn1nccc1S(=O)(=O)NCC1CCCC(Br)C1. The van der Waals surface area contributed by atoms with Gasteiger partial charge in [0.25, 0.3) is 10.0 Å². The summed E-state index contributed by atoms with van der Waals surface area (Å²) in [6.07, 6.45) is 5.96. The number of aryl methyl sites for hydroxylation is 1. The Kier molecular flexibility index (Phi) is 4.45. The Labute approximate surface area is 116 Å². The summed E-state index contributed by atoms with van der Waals surface area (Å²) in [4.78, 5) is 0.525. The van der Waals surface area contributed by atoms with Crippen molar-refractivity contribution in [3.05, 3.63) is 12.3 Å². The highest BCUT2D eigenvalue weighted by atomic mass is 79.9. The molecule has 1 fully saturated rings. The van der Waals surface area contributed by atoms with E-state index in [1.165, 1.54) is 23.4 Å². The average Bonchev–Trinajstić information content (AvgIpc) is 2.74. The molecule has 102 valence electrons. The second kappa shape index (κ2) is 5.71. The molecule has 0 spiro atoms. The maximum Gasteiger partial charge on any atom is 0.257 e. The van der Waals surface area contributed by atoms with Crippen LogP contribution in [0.1, 0.15) is 25.7 Å². The molecule has 0 aliphatic heterocycles. The Hall–Kier alpha value is -0.400. The van der Waals surface area contributed by atoms with Crippen LogP contribution < -0.4 is 4.72 Å². The Bertz CT molecular complexity index is 500. The fraction of sp³-hybridized carbons (Fsp3) is 0.727. The monoisotopic (exact) mass is 335 g/mol. The van der Waals surface area contributed by atoms with Gasteiger partial charge in [0.05, 0.1) is 6.20 Å². The third-order valence-corrected chi connectivity index (χ3v) is 5.66. The van der Waals surface area contributed by atoms with E-state index < -0.39 is 10.0 Å². The van der Waals surface area contributed by atoms with Gasteiger partial charge in [-0.2, -0.15) is 5.10 Å². The van der Waals surface area contributed by atoms with Gasteiger partial charge in [-0.1, -0.05) is 22.4 Å². The van der Waals surface area contributed by atoms with Gasteiger partial charge in [0.2, 0.25) is 0 Å². The molecule has 1 aromatic rings. The molecular weight excluding hydrogens is 318 g/mol. The van der Waals surface area contributed by atoms with E-state index in [1.807, 2.05) is 0 Å². The van der Waals surface area contributed by atoms with Gasteiger partial charge in [-0.15, -0.1) is 0 Å². The Morgan fingerprint density at radius 2 is 2.33 bits per heavy atom. The van der Waals surface area contributed by atoms with Crippen LogP contribution >= 0.6 is 15.9 Å². The van der Waals surface area contributed by atoms with E-state index in [0.29, 0.717) is 17.3 Å². The molecule has 1 aromatic heterocycles. The van der Waals surface area contributed by atoms with E-state index in [4.69, 9.17) is 0 Å². The molecule has 0 amide bonds. The summed E-state index contributed by atoms with van der Waals surface area (Å²) in [5, 5.41) is 4.10. The lowest BCUT2D eigenvalue weighted by atomic mass is 9.89. The lowest BCUT2D eigenvalue weighted by Gasteiger charge is -2.25. The van der Waals surface area contributed by atoms with Gasteiger partial charge in [0.1, 0.15) is 0 Å². The molecule has 5 nitrogen and oxygen atoms in total. The first-order chi connectivity index (χ1) is 8.49. The molecule has 1 heterocycles. The standard InChI is InChI=1S/C11H18BrN3O2S/c1-15-11(5-6-13-15)18(16,17)14-8-9-3-2-4-10(12)7-9/h5-6,9-10,14H,2-4,7-8H2,1H3. The van der Waals surface area contributed by atoms with Gasteiger partial charge in [0, 0.05) is 18.4 Å². The zero-order valence-corrected chi connectivity index (χ0v) is 12.7. The second-order valence-electron chi connectivity index (χ2n) is 4.77. The minimum absolute atomic E-state index is 0.216. The van der Waals surface area contributed by atoms with Crippen LogP contribution in [0.5, 0.6) is 0 Å². The lowest BCUT2D eigenvalue weighted by molar-refractivity contribution is 0.367. The maximum absolute atomic E-state index is 12.1. The summed E-state index contributed by atoms with van der Waals surface area (Å²) in [6, 6.07) is 1.51. The van der Waals surface area contributed by atoms with Crippen molar-refractivity contribution in [1.29, 1.82) is 0 Å². The third-order valence-electron chi connectivity index (χ3n) is 3.33. The van der Waals surface area contributed by atoms with Crippen LogP contribution in [0.15, 0.2) is 17.3 Å². The first kappa shape index (κ1) is 14.0. The normalized spacial score (nSPS) is 25.2. The van der Waals surface area contributed by atoms with Crippen LogP contribution in [0.25, 0.3) is 0 Å². The van der Waals surface area contributed by atoms with Crippen molar-refractivity contribution < 1.29 is 8.42 Å². The molecule has 1 saturated carbocycles. The zero-order chi connectivity index (χ0) is 13.2. The highest BCUT2D eigenvalue weighted by Gasteiger charge is 2.23. The quantitative estimate of drug-likeness (QED) is 0.851. The van der Waals surface area contributed by atoms with Gasteiger partial charge in [-0.25, -0.2) is 13.1 Å². The Balaban J connectivity index is 1.95. The molecule has 1 aliphatic rings. The van der Waals surface area contributed by atoms with E-state index in [-0.39, 0.29) is 5.03 Å². The number of nitrogens with one attached hydrogen (secondary N) is 1. The fourth-order valence-electron chi connectivity index (χ4n) is 2.34. The van der Waals surface area contributed by atoms with Gasteiger partial charge >= 0.3 is 0 Å². The van der Waals surface area contributed by atoms with Crippen molar-refractivity contribution in [3.63, 3.8) is 0 Å². The average molecular weight is 336 g/mol. The summed E-state index contributed by atoms with van der Waals surface area (Å²) >= 11 is 3.61. The highest BCUT2D eigenvalue weighted by Crippen LogP contribution is 2.28. The van der Waals surface area contributed by atoms with Crippen LogP contribution in [0.3, 0.4) is 0 Å². The number of alkyl halides is 1. The van der Waals surface area contributed by atoms with Crippen LogP contribution in [-0.2, 0) is 17.1 Å². The van der Waals surface area contributed by atoms with Crippen molar-refractivity contribution >= 4 is 26.0 Å². The van der Waals surface area contributed by atoms with Crippen molar-refractivity contribution in [2.24, 2.45) is 13.0 Å². The molecular formula is C11H18BrN3O2S. The van der Waals surface area contributed by atoms with Crippen LogP contribution in [-0.4, -0.2) is 29.6 Å². The van der Waals surface area contributed by atoms with Gasteiger partial charge < -0.3 is 0 Å². The molecule has 1 N–H and O–H groups in total. The van der Waals surface area contributed by atoms with Crippen LogP contribution in [0, 0.1) is 5.92 Å². The molecule has 2 atom stereocenters. The summed E-state index contributed by atoms with van der Waals surface area (Å²) < 4.78 is 28.2. The molecule has 0 bridgehead atoms. The van der Waals surface area contributed by atoms with E-state index >= 15 is 0 Å². The largest absolute Gasteiger partial charge is 0.257 e. The fourth-order valence-corrected chi connectivity index (χ4v) is 4.43. The summed E-state index contributed by atoms with van der Waals surface area (Å²) in [5.41, 5.74) is 0. The molecule has 18 heavy (non-hydrogen) atoms. The summed E-state index contributed by atoms with van der Waals surface area (Å²) in [6.45, 7) is 0.510. The summed E-state index contributed by atoms with van der Waals surface area (Å²) in [7, 11) is -1.80. The predicted octanol–water partition coefficient (Wildman–Crippen LogP) is 1.65. The molecule has 7 heteroatoms. The molecule has 2 unspecified atom stereocenters. The second-order valence-corrected chi connectivity index (χ2v) is 7.78. The lowest BCUT2D eigenvalue weighted by Crippen LogP contribution is -2.32. The number of aromatic nitrogens is 2. The predicted molar refractivity (Wildman–Crippen MR) is 73.1 cm³/mol. The molecule has 0 aromatic carbocycles. The van der Waals surface area contributed by atoms with Gasteiger partial charge in [0.15, 0.2) is 5.03 Å². The molecule has 1 aliphatic carbocycles. The highest BCUT2D eigenvalue weighted by molar-refractivity contribution is 9.09. The van der Waals surface area contributed by atoms with Crippen molar-refractivity contribution in [2.75, 3.05) is 6.54 Å². The molecule has 0 radical (unpaired) electrons. The number of hydrogen-bond acceptors (Lipinski definition) is 3. The first-order valence-electron chi connectivity index (χ1n) is 6.11. The zero-order valence-electron chi connectivity index (χ0n) is 10.3. The van der Waals surface area contributed by atoms with Crippen molar-refractivity contribution in [3.8, 4) is 0 Å². The minimum Gasteiger partial charge on any atom is -0.256 e. The van der Waals surface area contributed by atoms with Crippen LogP contribution in [0.4, 0.5) is 0 Å². The number of rotatable bonds is 4. The van der Waals surface area contributed by atoms with Crippen LogP contribution in [0.2, 0.25) is 0 Å². The van der Waals surface area contributed by atoms with E-state index in [0.717, 1.165) is 19.3 Å². The Morgan fingerprint density at radius 3 is 2.94 bits per heavy atom. The van der Waals surface area contributed by atoms with Gasteiger partial charge in [-0.3, -0.25) is 4.68 Å². The maximum atomic E-state index is 12.1. The number of sulfonamides is 1. The summed E-state index contributed by atoms with van der Waals surface area (Å²) in [5.74, 6) is 0.422. The first-order valence-corrected chi connectivity index (χ1v) is 8.50. The Morgan fingerprint density at radius 1 is 1.56 bits per heavy atom. The van der Waals surface area contributed by atoms with E-state index in [9.17, 15) is 8.42 Å². The molecule has 2 rings (SSSR count). The topological polar surface area (TPSA) is 64.0 Å². The van der Waals surface area contributed by atoms with E-state index in [2.05, 4.69) is 25.8 Å². The third kappa shape index (κ3) is 3.33. The minimum atomic E-state index is -3.43.